The number of aryl methyl sites for hydroxylation is 2. The van der Waals surface area contributed by atoms with Crippen LogP contribution in [0.4, 0.5) is 0 Å². The lowest BCUT2D eigenvalue weighted by Gasteiger charge is -2.16. The molecule has 2 N–H and O–H groups in total. The number of hydrogen-bond donors (Lipinski definition) is 2. The third-order valence-electron chi connectivity index (χ3n) is 2.67. The Bertz CT molecular complexity index is 326. The molecule has 1 unspecified atom stereocenters. The van der Waals surface area contributed by atoms with Crippen molar-refractivity contribution < 1.29 is 9.84 Å². The number of nitrogens with one attached hydrogen (secondary N) is 1. The van der Waals surface area contributed by atoms with Crippen LogP contribution in [-0.2, 0) is 11.3 Å². The van der Waals surface area contributed by atoms with Crippen molar-refractivity contribution in [2.24, 2.45) is 0 Å². The molecule has 0 saturated carbocycles. The predicted octanol–water partition coefficient (Wildman–Crippen LogP) is 1.40. The van der Waals surface area contributed by atoms with E-state index in [2.05, 4.69) is 37.4 Å². The molecular weight excluding hydrogens is 202 g/mol. The molecule has 1 rings (SSSR count). The number of benzene rings is 1. The van der Waals surface area contributed by atoms with Crippen LogP contribution >= 0.6 is 0 Å². The summed E-state index contributed by atoms with van der Waals surface area (Å²) in [6.45, 7) is 5.58. The molecule has 1 atom stereocenters. The highest BCUT2D eigenvalue weighted by Crippen LogP contribution is 2.10. The SMILES string of the molecule is COCC(CO)NCc1ccc(C)cc1C. The Morgan fingerprint density at radius 3 is 2.69 bits per heavy atom. The number of rotatable bonds is 6. The number of methoxy groups -OCH3 is 1. The fraction of sp³-hybridized carbons (Fsp3) is 0.538. The minimum Gasteiger partial charge on any atom is -0.395 e. The maximum atomic E-state index is 9.11. The van der Waals surface area contributed by atoms with Crippen LogP contribution in [0.3, 0.4) is 0 Å². The maximum Gasteiger partial charge on any atom is 0.0638 e. The quantitative estimate of drug-likeness (QED) is 0.766. The van der Waals surface area contributed by atoms with Crippen molar-refractivity contribution in [2.75, 3.05) is 20.3 Å². The van der Waals surface area contributed by atoms with E-state index in [1.807, 2.05) is 0 Å². The summed E-state index contributed by atoms with van der Waals surface area (Å²) in [6, 6.07) is 6.40. The van der Waals surface area contributed by atoms with Crippen LogP contribution in [0.15, 0.2) is 18.2 Å². The molecule has 1 aromatic carbocycles. The Morgan fingerprint density at radius 1 is 1.38 bits per heavy atom. The molecule has 3 heteroatoms. The zero-order chi connectivity index (χ0) is 12.0. The molecule has 90 valence electrons. The van der Waals surface area contributed by atoms with Crippen LogP contribution in [0.1, 0.15) is 16.7 Å². The van der Waals surface area contributed by atoms with Gasteiger partial charge in [-0.1, -0.05) is 23.8 Å². The van der Waals surface area contributed by atoms with Gasteiger partial charge in [-0.15, -0.1) is 0 Å². The average Bonchev–Trinajstić information content (AvgIpc) is 2.26. The Morgan fingerprint density at radius 2 is 2.12 bits per heavy atom. The van der Waals surface area contributed by atoms with Gasteiger partial charge in [0.05, 0.1) is 19.3 Å². The highest BCUT2D eigenvalue weighted by atomic mass is 16.5. The largest absolute Gasteiger partial charge is 0.395 e. The molecule has 0 saturated heterocycles. The van der Waals surface area contributed by atoms with Gasteiger partial charge in [0.25, 0.3) is 0 Å². The van der Waals surface area contributed by atoms with Crippen molar-refractivity contribution in [2.45, 2.75) is 26.4 Å². The van der Waals surface area contributed by atoms with Gasteiger partial charge in [-0.2, -0.15) is 0 Å². The second-order valence-corrected chi connectivity index (χ2v) is 4.15. The second kappa shape index (κ2) is 6.63. The molecule has 0 radical (unpaired) electrons. The third-order valence-corrected chi connectivity index (χ3v) is 2.67. The fourth-order valence-corrected chi connectivity index (χ4v) is 1.68. The summed E-state index contributed by atoms with van der Waals surface area (Å²) in [6.07, 6.45) is 0. The average molecular weight is 223 g/mol. The van der Waals surface area contributed by atoms with E-state index in [1.54, 1.807) is 7.11 Å². The van der Waals surface area contributed by atoms with E-state index in [0.717, 1.165) is 6.54 Å². The summed E-state index contributed by atoms with van der Waals surface area (Å²) >= 11 is 0. The van der Waals surface area contributed by atoms with Crippen molar-refractivity contribution in [3.05, 3.63) is 34.9 Å². The summed E-state index contributed by atoms with van der Waals surface area (Å²) in [5.74, 6) is 0. The van der Waals surface area contributed by atoms with E-state index in [0.29, 0.717) is 6.61 Å². The van der Waals surface area contributed by atoms with Crippen molar-refractivity contribution in [3.63, 3.8) is 0 Å². The van der Waals surface area contributed by atoms with E-state index >= 15 is 0 Å². The monoisotopic (exact) mass is 223 g/mol. The molecule has 0 amide bonds. The van der Waals surface area contributed by atoms with Gasteiger partial charge in [0, 0.05) is 13.7 Å². The molecule has 0 aliphatic carbocycles. The molecule has 0 aliphatic rings. The lowest BCUT2D eigenvalue weighted by molar-refractivity contribution is 0.128. The minimum absolute atomic E-state index is 0.00528. The zero-order valence-corrected chi connectivity index (χ0v) is 10.3. The van der Waals surface area contributed by atoms with Gasteiger partial charge in [0.1, 0.15) is 0 Å². The summed E-state index contributed by atoms with van der Waals surface area (Å²) in [5.41, 5.74) is 3.82. The first-order chi connectivity index (χ1) is 7.67. The van der Waals surface area contributed by atoms with Gasteiger partial charge in [0.2, 0.25) is 0 Å². The number of aliphatic hydroxyl groups excluding tert-OH is 1. The highest BCUT2D eigenvalue weighted by Gasteiger charge is 2.06. The molecule has 0 aromatic heterocycles. The van der Waals surface area contributed by atoms with Crippen LogP contribution < -0.4 is 5.32 Å². The first-order valence-electron chi connectivity index (χ1n) is 5.56. The van der Waals surface area contributed by atoms with Gasteiger partial charge in [0.15, 0.2) is 0 Å². The van der Waals surface area contributed by atoms with E-state index in [-0.39, 0.29) is 12.6 Å². The molecule has 0 spiro atoms. The second-order valence-electron chi connectivity index (χ2n) is 4.15. The van der Waals surface area contributed by atoms with Crippen LogP contribution in [-0.4, -0.2) is 31.5 Å². The Hall–Kier alpha value is -0.900. The molecule has 16 heavy (non-hydrogen) atoms. The lowest BCUT2D eigenvalue weighted by atomic mass is 10.1. The third kappa shape index (κ3) is 3.93. The summed E-state index contributed by atoms with van der Waals surface area (Å²) < 4.78 is 5.01. The normalized spacial score (nSPS) is 12.8. The van der Waals surface area contributed by atoms with Gasteiger partial charge in [-0.05, 0) is 25.0 Å². The van der Waals surface area contributed by atoms with Gasteiger partial charge in [-0.3, -0.25) is 0 Å². The van der Waals surface area contributed by atoms with Crippen LogP contribution in [0.25, 0.3) is 0 Å². The van der Waals surface area contributed by atoms with Gasteiger partial charge in [-0.25, -0.2) is 0 Å². The van der Waals surface area contributed by atoms with E-state index in [9.17, 15) is 0 Å². The van der Waals surface area contributed by atoms with Gasteiger partial charge >= 0.3 is 0 Å². The Labute approximate surface area is 97.4 Å². The Kier molecular flexibility index (Phi) is 5.46. The fourth-order valence-electron chi connectivity index (χ4n) is 1.68. The van der Waals surface area contributed by atoms with Crippen molar-refractivity contribution in [3.8, 4) is 0 Å². The molecule has 0 heterocycles. The maximum absolute atomic E-state index is 9.11. The lowest BCUT2D eigenvalue weighted by Crippen LogP contribution is -2.36. The van der Waals surface area contributed by atoms with E-state index in [1.165, 1.54) is 16.7 Å². The number of ether oxygens (including phenoxy) is 1. The van der Waals surface area contributed by atoms with Crippen molar-refractivity contribution in [1.82, 2.24) is 5.32 Å². The molecule has 0 fully saturated rings. The smallest absolute Gasteiger partial charge is 0.0638 e. The van der Waals surface area contributed by atoms with E-state index in [4.69, 9.17) is 9.84 Å². The first kappa shape index (κ1) is 13.2. The zero-order valence-electron chi connectivity index (χ0n) is 10.3. The van der Waals surface area contributed by atoms with Gasteiger partial charge < -0.3 is 15.2 Å². The highest BCUT2D eigenvalue weighted by molar-refractivity contribution is 5.30. The number of aliphatic hydroxyl groups is 1. The molecule has 3 nitrogen and oxygen atoms in total. The molecule has 0 aliphatic heterocycles. The topological polar surface area (TPSA) is 41.5 Å². The summed E-state index contributed by atoms with van der Waals surface area (Å²) in [4.78, 5) is 0. The van der Waals surface area contributed by atoms with Crippen LogP contribution in [0.5, 0.6) is 0 Å². The summed E-state index contributed by atoms with van der Waals surface area (Å²) in [7, 11) is 1.64. The standard InChI is InChI=1S/C13H21NO2/c1-10-4-5-12(11(2)6-10)7-14-13(8-15)9-16-3/h4-6,13-15H,7-9H2,1-3H3. The predicted molar refractivity (Wildman–Crippen MR) is 65.5 cm³/mol. The molecular formula is C13H21NO2. The van der Waals surface area contributed by atoms with Crippen LogP contribution in [0, 0.1) is 13.8 Å². The minimum atomic E-state index is 0.00528. The van der Waals surface area contributed by atoms with E-state index < -0.39 is 0 Å². The van der Waals surface area contributed by atoms with Crippen LogP contribution in [0.2, 0.25) is 0 Å². The molecule has 0 bridgehead atoms. The molecule has 1 aromatic rings. The number of hydrogen-bond acceptors (Lipinski definition) is 3. The van der Waals surface area contributed by atoms with Crippen molar-refractivity contribution >= 4 is 0 Å². The Balaban J connectivity index is 2.53. The van der Waals surface area contributed by atoms with Crippen molar-refractivity contribution in [1.29, 1.82) is 0 Å². The first-order valence-corrected chi connectivity index (χ1v) is 5.56. The summed E-state index contributed by atoms with van der Waals surface area (Å²) in [5, 5.41) is 12.4.